The van der Waals surface area contributed by atoms with Crippen molar-refractivity contribution in [3.63, 3.8) is 0 Å². The monoisotopic (exact) mass is 128 g/mol. The first kappa shape index (κ1) is 8.17. The summed E-state index contributed by atoms with van der Waals surface area (Å²) < 4.78 is 4.79. The predicted octanol–water partition coefficient (Wildman–Crippen LogP) is 0.386. The van der Waals surface area contributed by atoms with Gasteiger partial charge in [-0.25, -0.2) is 0 Å². The van der Waals surface area contributed by atoms with E-state index in [9.17, 15) is 0 Å². The highest BCUT2D eigenvalue weighted by Crippen LogP contribution is 1.85. The third-order valence-corrected chi connectivity index (χ3v) is 0.826. The summed E-state index contributed by atoms with van der Waals surface area (Å²) in [6.07, 6.45) is 3.00. The predicted molar refractivity (Wildman–Crippen MR) is 37.8 cm³/mol. The second-order valence-corrected chi connectivity index (χ2v) is 1.59. The van der Waals surface area contributed by atoms with Gasteiger partial charge < -0.3 is 15.5 Å². The molecule has 0 saturated carbocycles. The van der Waals surface area contributed by atoms with E-state index in [2.05, 4.69) is 5.32 Å². The summed E-state index contributed by atoms with van der Waals surface area (Å²) in [6.45, 7) is 0.490. The van der Waals surface area contributed by atoms with Crippen LogP contribution in [0.2, 0.25) is 0 Å². The molecule has 0 spiro atoms. The lowest BCUT2D eigenvalue weighted by molar-refractivity contribution is 0.230. The van der Waals surface area contributed by atoms with Crippen molar-refractivity contribution in [2.24, 2.45) is 0 Å². The molecule has 3 nitrogen and oxygen atoms in total. The van der Waals surface area contributed by atoms with Gasteiger partial charge in [0.2, 0.25) is 0 Å². The zero-order chi connectivity index (χ0) is 7.11. The van der Waals surface area contributed by atoms with E-state index in [-0.39, 0.29) is 0 Å². The molecule has 0 aromatic rings. The Balaban J connectivity index is 3.66. The molecule has 0 unspecified atom stereocenters. The number of methoxy groups -OCH3 is 1. The Hall–Kier alpha value is -0.830. The molecule has 52 valence electrons. The number of hydrogen-bond donors (Lipinski definition) is 2. The molecule has 9 heavy (non-hydrogen) atoms. The largest absolute Gasteiger partial charge is 0.394 e. The van der Waals surface area contributed by atoms with Crippen LogP contribution < -0.4 is 5.32 Å². The van der Waals surface area contributed by atoms with E-state index in [1.807, 2.05) is 0 Å². The fraction of sp³-hybridized carbons (Fsp3) is 0.500. The Labute approximate surface area is 55.2 Å². The van der Waals surface area contributed by atoms with Gasteiger partial charge in [-0.3, -0.25) is 0 Å². The van der Waals surface area contributed by atoms with Crippen molar-refractivity contribution in [3.8, 4) is 0 Å². The first-order valence-corrected chi connectivity index (χ1v) is 2.71. The molecule has 0 rings (SSSR count). The molecule has 0 amide bonds. The van der Waals surface area contributed by atoms with E-state index in [0.29, 0.717) is 6.61 Å². The minimum absolute atomic E-state index is 0.490. The maximum Gasteiger partial charge on any atom is 0.0741 e. The summed E-state index contributed by atoms with van der Waals surface area (Å²) in [5.41, 5.74) is 0.833. The lowest BCUT2D eigenvalue weighted by Crippen LogP contribution is -2.01. The Kier molecular flexibility index (Phi) is 4.82. The van der Waals surface area contributed by atoms with Gasteiger partial charge in [0.05, 0.1) is 6.61 Å². The maximum absolute atomic E-state index is 6.85. The lowest BCUT2D eigenvalue weighted by Gasteiger charge is -1.96. The highest BCUT2D eigenvalue weighted by molar-refractivity contribution is 5.75. The van der Waals surface area contributed by atoms with Crippen LogP contribution in [0.4, 0.5) is 0 Å². The fourth-order valence-electron chi connectivity index (χ4n) is 0.477. The molecule has 0 atom stereocenters. The molecule has 3 heteroatoms. The van der Waals surface area contributed by atoms with Crippen LogP contribution in [0.5, 0.6) is 0 Å². The summed E-state index contributed by atoms with van der Waals surface area (Å²) in [4.78, 5) is 0. The van der Waals surface area contributed by atoms with E-state index in [4.69, 9.17) is 10.1 Å². The standard InChI is InChI=1S/C6H12N2O/c1-8-4-6(3-7)5-9-2/h3-4,7-8H,5H2,1-2H3/b6-4+,7-3?. The molecule has 2 N–H and O–H groups in total. The molecule has 0 aromatic carbocycles. The van der Waals surface area contributed by atoms with E-state index in [0.717, 1.165) is 5.57 Å². The van der Waals surface area contributed by atoms with Crippen LogP contribution in [0.3, 0.4) is 0 Å². The molecular weight excluding hydrogens is 116 g/mol. The molecule has 0 aliphatic heterocycles. The Morgan fingerprint density at radius 2 is 2.44 bits per heavy atom. The van der Waals surface area contributed by atoms with Gasteiger partial charge in [0, 0.05) is 32.1 Å². The Bertz CT molecular complexity index is 110. The number of nitrogens with one attached hydrogen (secondary N) is 2. The summed E-state index contributed by atoms with van der Waals surface area (Å²) >= 11 is 0. The highest BCUT2D eigenvalue weighted by Gasteiger charge is 1.87. The van der Waals surface area contributed by atoms with Crippen molar-refractivity contribution in [3.05, 3.63) is 11.8 Å². The topological polar surface area (TPSA) is 45.1 Å². The maximum atomic E-state index is 6.85. The van der Waals surface area contributed by atoms with Crippen LogP contribution in [0.15, 0.2) is 11.8 Å². The summed E-state index contributed by atoms with van der Waals surface area (Å²) in [7, 11) is 3.39. The third-order valence-electron chi connectivity index (χ3n) is 0.826. The number of rotatable bonds is 4. The van der Waals surface area contributed by atoms with E-state index in [1.54, 1.807) is 20.4 Å². The van der Waals surface area contributed by atoms with Crippen molar-refractivity contribution < 1.29 is 4.74 Å². The van der Waals surface area contributed by atoms with Crippen molar-refractivity contribution in [1.29, 1.82) is 5.41 Å². The quantitative estimate of drug-likeness (QED) is 0.538. The van der Waals surface area contributed by atoms with E-state index < -0.39 is 0 Å². The second kappa shape index (κ2) is 5.31. The van der Waals surface area contributed by atoms with Gasteiger partial charge in [-0.05, 0) is 0 Å². The zero-order valence-corrected chi connectivity index (χ0v) is 5.77. The second-order valence-electron chi connectivity index (χ2n) is 1.59. The van der Waals surface area contributed by atoms with Crippen LogP contribution in [-0.2, 0) is 4.74 Å². The Morgan fingerprint density at radius 3 is 2.78 bits per heavy atom. The SMILES string of the molecule is CN/C=C(\C=N)COC. The number of ether oxygens (including phenoxy) is 1. The average Bonchev–Trinajstić information content (AvgIpc) is 1.88. The molecule has 0 radical (unpaired) electrons. The van der Waals surface area contributed by atoms with Gasteiger partial charge in [-0.15, -0.1) is 0 Å². The molecule has 0 fully saturated rings. The smallest absolute Gasteiger partial charge is 0.0741 e. The fourth-order valence-corrected chi connectivity index (χ4v) is 0.477. The van der Waals surface area contributed by atoms with Crippen LogP contribution in [0, 0.1) is 5.41 Å². The van der Waals surface area contributed by atoms with Crippen molar-refractivity contribution in [2.45, 2.75) is 0 Å². The molecule has 0 aromatic heterocycles. The summed E-state index contributed by atoms with van der Waals surface area (Å²) in [6, 6.07) is 0. The van der Waals surface area contributed by atoms with Gasteiger partial charge in [0.15, 0.2) is 0 Å². The average molecular weight is 128 g/mol. The van der Waals surface area contributed by atoms with Crippen LogP contribution in [-0.4, -0.2) is 27.0 Å². The van der Waals surface area contributed by atoms with Gasteiger partial charge in [0.25, 0.3) is 0 Å². The van der Waals surface area contributed by atoms with Crippen LogP contribution in [0.25, 0.3) is 0 Å². The lowest BCUT2D eigenvalue weighted by atomic mass is 10.3. The minimum Gasteiger partial charge on any atom is -0.394 e. The third kappa shape index (κ3) is 3.73. The first-order valence-electron chi connectivity index (χ1n) is 2.71. The first-order chi connectivity index (χ1) is 4.35. The van der Waals surface area contributed by atoms with Gasteiger partial charge >= 0.3 is 0 Å². The highest BCUT2D eigenvalue weighted by atomic mass is 16.5. The van der Waals surface area contributed by atoms with Crippen LogP contribution >= 0.6 is 0 Å². The van der Waals surface area contributed by atoms with Crippen molar-refractivity contribution in [1.82, 2.24) is 5.32 Å². The van der Waals surface area contributed by atoms with E-state index in [1.165, 1.54) is 6.21 Å². The minimum atomic E-state index is 0.490. The Morgan fingerprint density at radius 1 is 1.78 bits per heavy atom. The summed E-state index contributed by atoms with van der Waals surface area (Å²) in [5.74, 6) is 0. The van der Waals surface area contributed by atoms with Crippen molar-refractivity contribution >= 4 is 6.21 Å². The van der Waals surface area contributed by atoms with Gasteiger partial charge in [-0.2, -0.15) is 0 Å². The molecule has 0 heterocycles. The van der Waals surface area contributed by atoms with Gasteiger partial charge in [0.1, 0.15) is 0 Å². The molecule has 0 aliphatic rings. The molecular formula is C6H12N2O. The van der Waals surface area contributed by atoms with E-state index >= 15 is 0 Å². The number of hydrogen-bond acceptors (Lipinski definition) is 3. The molecule has 0 aliphatic carbocycles. The van der Waals surface area contributed by atoms with Crippen LogP contribution in [0.1, 0.15) is 0 Å². The van der Waals surface area contributed by atoms with Gasteiger partial charge in [-0.1, -0.05) is 0 Å². The summed E-state index contributed by atoms with van der Waals surface area (Å²) in [5, 5.41) is 9.66. The van der Waals surface area contributed by atoms with Crippen molar-refractivity contribution in [2.75, 3.05) is 20.8 Å². The molecule has 0 bridgehead atoms. The zero-order valence-electron chi connectivity index (χ0n) is 5.77. The molecule has 0 saturated heterocycles. The normalized spacial score (nSPS) is 11.1.